The molecule has 0 radical (unpaired) electrons. The van der Waals surface area contributed by atoms with Crippen LogP contribution in [0.3, 0.4) is 0 Å². The van der Waals surface area contributed by atoms with Crippen molar-refractivity contribution in [3.8, 4) is 5.75 Å². The van der Waals surface area contributed by atoms with Crippen molar-refractivity contribution in [3.63, 3.8) is 0 Å². The molecule has 3 aliphatic carbocycles. The van der Waals surface area contributed by atoms with Crippen molar-refractivity contribution in [2.24, 2.45) is 17.8 Å². The number of benzene rings is 2. The highest BCUT2D eigenvalue weighted by atomic mass is 19.1. The molecular formula is C29H23BFNO7. The lowest BCUT2D eigenvalue weighted by Crippen LogP contribution is -2.40. The minimum absolute atomic E-state index is 0.0794. The van der Waals surface area contributed by atoms with Gasteiger partial charge in [-0.2, -0.15) is 0 Å². The fourth-order valence-electron chi connectivity index (χ4n) is 6.52. The predicted octanol–water partition coefficient (Wildman–Crippen LogP) is 1.85. The molecule has 0 saturated carbocycles. The number of Topliss-reactive ketones (excluding diaryl/α,β-unsaturated/α-hetero) is 1. The van der Waals surface area contributed by atoms with Crippen LogP contribution in [0, 0.1) is 23.6 Å². The first-order valence-electron chi connectivity index (χ1n) is 12.6. The van der Waals surface area contributed by atoms with E-state index in [0.717, 1.165) is 11.0 Å². The molecule has 6 rings (SSSR count). The second-order valence-corrected chi connectivity index (χ2v) is 10.4. The van der Waals surface area contributed by atoms with Crippen LogP contribution in [-0.4, -0.2) is 45.7 Å². The molecule has 4 atom stereocenters. The van der Waals surface area contributed by atoms with Crippen LogP contribution in [0.1, 0.15) is 31.2 Å². The monoisotopic (exact) mass is 527 g/mol. The Morgan fingerprint density at radius 3 is 2.49 bits per heavy atom. The number of hydrogen-bond acceptors (Lipinski definition) is 7. The van der Waals surface area contributed by atoms with Gasteiger partial charge in [0.15, 0.2) is 23.1 Å². The van der Waals surface area contributed by atoms with Crippen molar-refractivity contribution in [2.75, 3.05) is 4.90 Å². The van der Waals surface area contributed by atoms with E-state index < -0.39 is 54.2 Å². The summed E-state index contributed by atoms with van der Waals surface area (Å²) in [5, 5.41) is 28.9. The SMILES string of the molecule is CC1=CC(=O)C2=C(C1=O)C(c1ccc(O)c(F)c1)C1=CCC3C(=O)N(c4cccc(B(O)O)c4)C(=O)C3C1C2. The largest absolute Gasteiger partial charge is 0.505 e. The quantitative estimate of drug-likeness (QED) is 0.240. The van der Waals surface area contributed by atoms with Gasteiger partial charge in [0.25, 0.3) is 0 Å². The van der Waals surface area contributed by atoms with E-state index in [1.54, 1.807) is 6.92 Å². The average Bonchev–Trinajstić information content (AvgIpc) is 3.17. The van der Waals surface area contributed by atoms with Gasteiger partial charge in [-0.1, -0.05) is 29.8 Å². The van der Waals surface area contributed by atoms with Gasteiger partial charge < -0.3 is 15.2 Å². The van der Waals surface area contributed by atoms with Crippen molar-refractivity contribution < 1.29 is 38.7 Å². The number of hydrogen-bond donors (Lipinski definition) is 3. The topological polar surface area (TPSA) is 132 Å². The zero-order valence-electron chi connectivity index (χ0n) is 20.8. The summed E-state index contributed by atoms with van der Waals surface area (Å²) in [6.45, 7) is 1.55. The Morgan fingerprint density at radius 1 is 1.00 bits per heavy atom. The molecule has 8 nitrogen and oxygen atoms in total. The molecule has 0 spiro atoms. The van der Waals surface area contributed by atoms with Crippen LogP contribution in [0.25, 0.3) is 0 Å². The fourth-order valence-corrected chi connectivity index (χ4v) is 6.52. The number of carbonyl (C=O) groups is 4. The lowest BCUT2D eigenvalue weighted by molar-refractivity contribution is -0.123. The lowest BCUT2D eigenvalue weighted by Gasteiger charge is -2.42. The van der Waals surface area contributed by atoms with Gasteiger partial charge in [0.1, 0.15) is 0 Å². The molecular weight excluding hydrogens is 504 g/mol. The molecule has 196 valence electrons. The van der Waals surface area contributed by atoms with E-state index in [2.05, 4.69) is 0 Å². The smallest absolute Gasteiger partial charge is 0.488 e. The Balaban J connectivity index is 1.47. The Labute approximate surface area is 222 Å². The minimum atomic E-state index is -1.78. The predicted molar refractivity (Wildman–Crippen MR) is 138 cm³/mol. The number of rotatable bonds is 3. The zero-order chi connectivity index (χ0) is 27.7. The summed E-state index contributed by atoms with van der Waals surface area (Å²) in [6.07, 6.45) is 3.37. The van der Waals surface area contributed by atoms with Gasteiger partial charge in [-0.05, 0) is 67.1 Å². The molecule has 2 amide bonds. The molecule has 4 aliphatic rings. The second-order valence-electron chi connectivity index (χ2n) is 10.4. The summed E-state index contributed by atoms with van der Waals surface area (Å²) in [4.78, 5) is 54.9. The average molecular weight is 527 g/mol. The van der Waals surface area contributed by atoms with Gasteiger partial charge in [-0.15, -0.1) is 0 Å². The van der Waals surface area contributed by atoms with Gasteiger partial charge in [0.05, 0.1) is 17.5 Å². The van der Waals surface area contributed by atoms with E-state index in [4.69, 9.17) is 0 Å². The third-order valence-corrected chi connectivity index (χ3v) is 8.30. The summed E-state index contributed by atoms with van der Waals surface area (Å²) in [6, 6.07) is 9.69. The standard InChI is InChI=1S/C29H23BFNO7/c1-13-9-23(34)20-12-19-17(24(26(20)27(13)35)14-5-8-22(33)21(31)10-14)6-7-18-25(19)29(37)32(28(18)36)16-4-2-3-15(11-16)30(38)39/h2-6,8-11,18-19,24-25,33,38-39H,7,12H2,1H3. The van der Waals surface area contributed by atoms with E-state index in [1.165, 1.54) is 42.5 Å². The van der Waals surface area contributed by atoms with Crippen molar-refractivity contribution in [1.82, 2.24) is 0 Å². The first-order valence-corrected chi connectivity index (χ1v) is 12.6. The van der Waals surface area contributed by atoms with Crippen LogP contribution < -0.4 is 10.4 Å². The Morgan fingerprint density at radius 2 is 1.77 bits per heavy atom. The van der Waals surface area contributed by atoms with E-state index in [9.17, 15) is 38.7 Å². The number of nitrogens with zero attached hydrogens (tertiary/aromatic N) is 1. The van der Waals surface area contributed by atoms with Crippen LogP contribution in [0.15, 0.2) is 76.9 Å². The first-order chi connectivity index (χ1) is 18.6. The molecule has 2 aromatic carbocycles. The number of carbonyl (C=O) groups excluding carboxylic acids is 4. The summed E-state index contributed by atoms with van der Waals surface area (Å²) in [7, 11) is -1.78. The number of phenolic OH excluding ortho intramolecular Hbond substituents is 1. The van der Waals surface area contributed by atoms with E-state index in [1.807, 2.05) is 6.08 Å². The van der Waals surface area contributed by atoms with Crippen molar-refractivity contribution in [3.05, 3.63) is 88.3 Å². The Hall–Kier alpha value is -4.15. The maximum absolute atomic E-state index is 14.5. The minimum Gasteiger partial charge on any atom is -0.505 e. The van der Waals surface area contributed by atoms with E-state index >= 15 is 0 Å². The molecule has 1 saturated heterocycles. The third kappa shape index (κ3) is 3.74. The van der Waals surface area contributed by atoms with Crippen molar-refractivity contribution in [2.45, 2.75) is 25.7 Å². The third-order valence-electron chi connectivity index (χ3n) is 8.30. The van der Waals surface area contributed by atoms with Crippen LogP contribution in [-0.2, 0) is 19.2 Å². The fraction of sp³-hybridized carbons (Fsp3) is 0.241. The summed E-state index contributed by atoms with van der Waals surface area (Å²) in [5.74, 6) is -5.98. The number of fused-ring (bicyclic) bond motifs is 3. The summed E-state index contributed by atoms with van der Waals surface area (Å²) < 4.78 is 14.5. The van der Waals surface area contributed by atoms with Gasteiger partial charge >= 0.3 is 7.12 Å². The normalized spacial score (nSPS) is 26.2. The molecule has 0 bridgehead atoms. The highest BCUT2D eigenvalue weighted by Gasteiger charge is 2.56. The highest BCUT2D eigenvalue weighted by molar-refractivity contribution is 6.58. The molecule has 3 N–H and O–H groups in total. The Kier molecular flexibility index (Phi) is 5.78. The maximum Gasteiger partial charge on any atom is 0.488 e. The number of phenols is 1. The van der Waals surface area contributed by atoms with Gasteiger partial charge in [-0.3, -0.25) is 24.1 Å². The number of aromatic hydroxyl groups is 1. The number of halogens is 1. The molecule has 1 aliphatic heterocycles. The van der Waals surface area contributed by atoms with Crippen LogP contribution in [0.2, 0.25) is 0 Å². The summed E-state index contributed by atoms with van der Waals surface area (Å²) >= 11 is 0. The highest BCUT2D eigenvalue weighted by Crippen LogP contribution is 2.55. The van der Waals surface area contributed by atoms with Crippen LogP contribution >= 0.6 is 0 Å². The Bertz CT molecular complexity index is 1590. The first kappa shape index (κ1) is 25.2. The zero-order valence-corrected chi connectivity index (χ0v) is 20.8. The van der Waals surface area contributed by atoms with Crippen LogP contribution in [0.4, 0.5) is 10.1 Å². The number of imide groups is 1. The second kappa shape index (κ2) is 8.96. The molecule has 1 fully saturated rings. The molecule has 1 heterocycles. The molecule has 2 aromatic rings. The van der Waals surface area contributed by atoms with Gasteiger partial charge in [0.2, 0.25) is 11.8 Å². The lowest BCUT2D eigenvalue weighted by atomic mass is 9.59. The molecule has 4 unspecified atom stereocenters. The molecule has 0 aromatic heterocycles. The van der Waals surface area contributed by atoms with Crippen LogP contribution in [0.5, 0.6) is 5.75 Å². The number of amides is 2. The van der Waals surface area contributed by atoms with Gasteiger partial charge in [-0.25, -0.2) is 4.39 Å². The van der Waals surface area contributed by atoms with Crippen molar-refractivity contribution >= 4 is 41.6 Å². The van der Waals surface area contributed by atoms with Crippen molar-refractivity contribution in [1.29, 1.82) is 0 Å². The summed E-state index contributed by atoms with van der Waals surface area (Å²) in [5.41, 5.74) is 2.11. The van der Waals surface area contributed by atoms with Gasteiger partial charge in [0, 0.05) is 22.6 Å². The maximum atomic E-state index is 14.5. The van der Waals surface area contributed by atoms with E-state index in [-0.39, 0.29) is 52.3 Å². The number of anilines is 1. The van der Waals surface area contributed by atoms with E-state index in [0.29, 0.717) is 11.1 Å². The number of allylic oxidation sites excluding steroid dienone is 6. The molecule has 39 heavy (non-hydrogen) atoms. The number of ketones is 2. The molecule has 10 heteroatoms.